The van der Waals surface area contributed by atoms with E-state index in [-0.39, 0.29) is 23.3 Å². The van der Waals surface area contributed by atoms with E-state index in [1.54, 1.807) is 0 Å². The fourth-order valence-electron chi connectivity index (χ4n) is 2.40. The lowest BCUT2D eigenvalue weighted by Gasteiger charge is -2.20. The second kappa shape index (κ2) is 10.5. The molecule has 1 rings (SSSR count). The average Bonchev–Trinajstić information content (AvgIpc) is 2.60. The van der Waals surface area contributed by atoms with Crippen LogP contribution in [0.5, 0.6) is 11.5 Å². The zero-order valence-electron chi connectivity index (χ0n) is 16.7. The number of carbonyl (C=O) groups excluding carboxylic acids is 3. The molecular weight excluding hydrogens is 352 g/mol. The van der Waals surface area contributed by atoms with Crippen molar-refractivity contribution in [1.29, 1.82) is 0 Å². The number of amides is 1. The van der Waals surface area contributed by atoms with Crippen LogP contribution in [0, 0.1) is 5.92 Å². The van der Waals surface area contributed by atoms with Crippen molar-refractivity contribution in [2.24, 2.45) is 5.92 Å². The van der Waals surface area contributed by atoms with Gasteiger partial charge in [0.05, 0.1) is 13.2 Å². The topological polar surface area (TPSA) is 104 Å². The summed E-state index contributed by atoms with van der Waals surface area (Å²) in [4.78, 5) is 40.0. The minimum absolute atomic E-state index is 0.101. The smallest absolute Gasteiger partial charge is 0.328 e. The fraction of sp³-hybridized carbons (Fsp3) is 0.579. The Morgan fingerprint density at radius 1 is 1.22 bits per heavy atom. The van der Waals surface area contributed by atoms with Gasteiger partial charge < -0.3 is 19.5 Å². The van der Waals surface area contributed by atoms with Crippen molar-refractivity contribution in [1.82, 2.24) is 10.3 Å². The van der Waals surface area contributed by atoms with Crippen LogP contribution in [-0.2, 0) is 14.3 Å². The highest BCUT2D eigenvalue weighted by Crippen LogP contribution is 2.29. The largest absolute Gasteiger partial charge is 0.493 e. The molecule has 1 N–H and O–H groups in total. The lowest BCUT2D eigenvalue weighted by molar-refractivity contribution is -0.150. The molecule has 3 unspecified atom stereocenters. The van der Waals surface area contributed by atoms with E-state index in [9.17, 15) is 14.4 Å². The van der Waals surface area contributed by atoms with E-state index in [0.717, 1.165) is 12.8 Å². The third-order valence-electron chi connectivity index (χ3n) is 4.00. The van der Waals surface area contributed by atoms with Crippen molar-refractivity contribution in [3.05, 3.63) is 18.0 Å². The van der Waals surface area contributed by atoms with Crippen LogP contribution in [0.3, 0.4) is 0 Å². The van der Waals surface area contributed by atoms with Gasteiger partial charge in [0.1, 0.15) is 6.04 Å². The first-order valence-electron chi connectivity index (χ1n) is 8.92. The number of hydrogen-bond donors (Lipinski definition) is 1. The van der Waals surface area contributed by atoms with Gasteiger partial charge in [0.15, 0.2) is 11.4 Å². The maximum atomic E-state index is 12.5. The van der Waals surface area contributed by atoms with E-state index in [1.807, 2.05) is 6.92 Å². The van der Waals surface area contributed by atoms with Crippen LogP contribution < -0.4 is 14.8 Å². The SMILES string of the molecule is CCC(C)CC(C)OC(=O)C(C)NC(=O)c1nccc(OC)c1OC(C)=O. The van der Waals surface area contributed by atoms with Crippen LogP contribution in [0.15, 0.2) is 12.3 Å². The Balaban J connectivity index is 2.83. The van der Waals surface area contributed by atoms with Crippen LogP contribution in [0.4, 0.5) is 0 Å². The third-order valence-corrected chi connectivity index (χ3v) is 4.00. The Morgan fingerprint density at radius 2 is 1.89 bits per heavy atom. The Bertz CT molecular complexity index is 676. The number of pyridine rings is 1. The molecule has 8 heteroatoms. The highest BCUT2D eigenvalue weighted by Gasteiger charge is 2.25. The Kier molecular flexibility index (Phi) is 8.71. The van der Waals surface area contributed by atoms with Crippen molar-refractivity contribution < 1.29 is 28.6 Å². The average molecular weight is 380 g/mol. The predicted octanol–water partition coefficient (Wildman–Crippen LogP) is 2.50. The van der Waals surface area contributed by atoms with Crippen LogP contribution in [0.2, 0.25) is 0 Å². The van der Waals surface area contributed by atoms with Crippen molar-refractivity contribution in [3.63, 3.8) is 0 Å². The molecule has 0 aliphatic rings. The van der Waals surface area contributed by atoms with Crippen molar-refractivity contribution in [2.45, 2.75) is 59.6 Å². The van der Waals surface area contributed by atoms with E-state index < -0.39 is 23.9 Å². The summed E-state index contributed by atoms with van der Waals surface area (Å²) in [7, 11) is 1.38. The molecular formula is C19H28N2O6. The van der Waals surface area contributed by atoms with Crippen molar-refractivity contribution >= 4 is 17.8 Å². The zero-order chi connectivity index (χ0) is 20.6. The molecule has 0 aromatic carbocycles. The van der Waals surface area contributed by atoms with Gasteiger partial charge in [-0.15, -0.1) is 0 Å². The second-order valence-corrected chi connectivity index (χ2v) is 6.48. The molecule has 0 radical (unpaired) electrons. The maximum absolute atomic E-state index is 12.5. The molecule has 1 heterocycles. The van der Waals surface area contributed by atoms with E-state index in [1.165, 1.54) is 33.2 Å². The van der Waals surface area contributed by atoms with Crippen LogP contribution >= 0.6 is 0 Å². The molecule has 0 aliphatic heterocycles. The number of hydrogen-bond acceptors (Lipinski definition) is 7. The molecule has 0 spiro atoms. The summed E-state index contributed by atoms with van der Waals surface area (Å²) < 4.78 is 15.5. The summed E-state index contributed by atoms with van der Waals surface area (Å²) in [6.07, 6.45) is 2.84. The monoisotopic (exact) mass is 380 g/mol. The first-order valence-corrected chi connectivity index (χ1v) is 8.92. The van der Waals surface area contributed by atoms with Crippen LogP contribution in [0.1, 0.15) is 57.9 Å². The zero-order valence-corrected chi connectivity index (χ0v) is 16.7. The second-order valence-electron chi connectivity index (χ2n) is 6.48. The van der Waals surface area contributed by atoms with Gasteiger partial charge in [0.2, 0.25) is 5.75 Å². The lowest BCUT2D eigenvalue weighted by atomic mass is 10.0. The Hall–Kier alpha value is -2.64. The van der Waals surface area contributed by atoms with Crippen molar-refractivity contribution in [2.75, 3.05) is 7.11 Å². The van der Waals surface area contributed by atoms with E-state index >= 15 is 0 Å². The van der Waals surface area contributed by atoms with Gasteiger partial charge in [-0.25, -0.2) is 9.78 Å². The minimum Gasteiger partial charge on any atom is -0.493 e. The predicted molar refractivity (Wildman–Crippen MR) is 98.7 cm³/mol. The number of esters is 2. The Labute approximate surface area is 159 Å². The van der Waals surface area contributed by atoms with E-state index in [4.69, 9.17) is 14.2 Å². The number of nitrogens with zero attached hydrogens (tertiary/aromatic N) is 1. The van der Waals surface area contributed by atoms with Gasteiger partial charge in [0.25, 0.3) is 5.91 Å². The summed E-state index contributed by atoms with van der Waals surface area (Å²) in [5.41, 5.74) is -0.156. The first-order chi connectivity index (χ1) is 12.7. The fourth-order valence-corrected chi connectivity index (χ4v) is 2.40. The molecule has 1 aromatic heterocycles. The van der Waals surface area contributed by atoms with Gasteiger partial charge in [-0.05, 0) is 26.2 Å². The summed E-state index contributed by atoms with van der Waals surface area (Å²) in [6, 6.07) is 0.568. The minimum atomic E-state index is -0.893. The number of methoxy groups -OCH3 is 1. The molecule has 0 saturated carbocycles. The molecule has 8 nitrogen and oxygen atoms in total. The lowest BCUT2D eigenvalue weighted by Crippen LogP contribution is -2.41. The van der Waals surface area contributed by atoms with E-state index in [2.05, 4.69) is 24.1 Å². The summed E-state index contributed by atoms with van der Waals surface area (Å²) in [5.74, 6) is -1.33. The van der Waals surface area contributed by atoms with Crippen molar-refractivity contribution in [3.8, 4) is 11.5 Å². The highest BCUT2D eigenvalue weighted by atomic mass is 16.6. The number of rotatable bonds is 9. The molecule has 3 atom stereocenters. The molecule has 27 heavy (non-hydrogen) atoms. The van der Waals surface area contributed by atoms with Gasteiger partial charge >= 0.3 is 11.9 Å². The summed E-state index contributed by atoms with van der Waals surface area (Å²) in [5, 5.41) is 2.51. The van der Waals surface area contributed by atoms with Crippen LogP contribution in [-0.4, -0.2) is 42.1 Å². The highest BCUT2D eigenvalue weighted by molar-refractivity contribution is 5.98. The number of carbonyl (C=O) groups is 3. The standard InChI is InChI=1S/C19H28N2O6/c1-7-11(2)10-12(3)26-19(24)13(4)21-18(23)16-17(27-14(5)22)15(25-6)8-9-20-16/h8-9,11-13H,7,10H2,1-6H3,(H,21,23). The molecule has 0 aliphatic carbocycles. The molecule has 1 amide bonds. The normalized spacial score (nSPS) is 13.9. The van der Waals surface area contributed by atoms with Gasteiger partial charge in [-0.2, -0.15) is 0 Å². The third kappa shape index (κ3) is 6.88. The van der Waals surface area contributed by atoms with E-state index in [0.29, 0.717) is 5.92 Å². The summed E-state index contributed by atoms with van der Waals surface area (Å²) in [6.45, 7) is 8.69. The van der Waals surface area contributed by atoms with Crippen LogP contribution in [0.25, 0.3) is 0 Å². The molecule has 1 aromatic rings. The first kappa shape index (κ1) is 22.4. The van der Waals surface area contributed by atoms with Gasteiger partial charge in [-0.3, -0.25) is 9.59 Å². The van der Waals surface area contributed by atoms with Gasteiger partial charge in [-0.1, -0.05) is 20.3 Å². The number of ether oxygens (including phenoxy) is 3. The summed E-state index contributed by atoms with van der Waals surface area (Å²) >= 11 is 0. The quantitative estimate of drug-likeness (QED) is 0.656. The molecule has 0 fully saturated rings. The molecule has 0 bridgehead atoms. The van der Waals surface area contributed by atoms with Gasteiger partial charge in [0, 0.05) is 19.2 Å². The molecule has 0 saturated heterocycles. The maximum Gasteiger partial charge on any atom is 0.328 e. The number of nitrogens with one attached hydrogen (secondary N) is 1. The Morgan fingerprint density at radius 3 is 2.44 bits per heavy atom. The number of aromatic nitrogens is 1. The molecule has 150 valence electrons.